The second-order valence-corrected chi connectivity index (χ2v) is 5.87. The highest BCUT2D eigenvalue weighted by Crippen LogP contribution is 2.11. The minimum absolute atomic E-state index is 0.00909. The van der Waals surface area contributed by atoms with Crippen molar-refractivity contribution in [1.29, 1.82) is 0 Å². The topological polar surface area (TPSA) is 71.1 Å². The predicted octanol–water partition coefficient (Wildman–Crippen LogP) is 2.54. The summed E-state index contributed by atoms with van der Waals surface area (Å²) in [4.78, 5) is 22.7. The fraction of sp³-hybridized carbons (Fsp3) is 0.875. The lowest BCUT2D eigenvalue weighted by atomic mass is 10.1. The highest BCUT2D eigenvalue weighted by atomic mass is 16.7. The van der Waals surface area contributed by atoms with Crippen molar-refractivity contribution in [3.05, 3.63) is 0 Å². The summed E-state index contributed by atoms with van der Waals surface area (Å²) in [5, 5.41) is 0. The second-order valence-electron chi connectivity index (χ2n) is 5.87. The molecule has 6 heteroatoms. The third kappa shape index (κ3) is 9.73. The second kappa shape index (κ2) is 11.4. The van der Waals surface area contributed by atoms with E-state index >= 15 is 0 Å². The van der Waals surface area contributed by atoms with Crippen molar-refractivity contribution in [3.8, 4) is 0 Å². The lowest BCUT2D eigenvalue weighted by molar-refractivity contribution is -0.193. The number of methoxy groups -OCH3 is 1. The lowest BCUT2D eigenvalue weighted by Crippen LogP contribution is -2.29. The van der Waals surface area contributed by atoms with Gasteiger partial charge in [0.1, 0.15) is 0 Å². The van der Waals surface area contributed by atoms with Gasteiger partial charge in [-0.3, -0.25) is 9.59 Å². The van der Waals surface area contributed by atoms with Crippen LogP contribution in [0, 0.1) is 11.8 Å². The summed E-state index contributed by atoms with van der Waals surface area (Å²) >= 11 is 0. The van der Waals surface area contributed by atoms with Crippen LogP contribution in [0.3, 0.4) is 0 Å². The maximum absolute atomic E-state index is 11.7. The molecular formula is C16H30O6. The Balaban J connectivity index is 4.05. The van der Waals surface area contributed by atoms with E-state index in [-0.39, 0.29) is 24.9 Å². The Morgan fingerprint density at radius 1 is 0.818 bits per heavy atom. The van der Waals surface area contributed by atoms with Crippen molar-refractivity contribution in [3.63, 3.8) is 0 Å². The zero-order valence-corrected chi connectivity index (χ0v) is 14.6. The molecule has 0 aliphatic heterocycles. The van der Waals surface area contributed by atoms with Gasteiger partial charge in [-0.05, 0) is 12.8 Å². The molecule has 22 heavy (non-hydrogen) atoms. The maximum Gasteiger partial charge on any atom is 0.308 e. The molecule has 0 heterocycles. The molecule has 0 amide bonds. The van der Waals surface area contributed by atoms with Gasteiger partial charge in [-0.1, -0.05) is 27.7 Å². The van der Waals surface area contributed by atoms with Crippen LogP contribution in [-0.2, 0) is 28.5 Å². The first-order chi connectivity index (χ1) is 10.3. The number of rotatable bonds is 11. The van der Waals surface area contributed by atoms with E-state index in [1.807, 2.05) is 20.8 Å². The molecule has 130 valence electrons. The molecule has 0 aromatic rings. The first-order valence-electron chi connectivity index (χ1n) is 7.77. The molecule has 2 unspecified atom stereocenters. The average molecular weight is 318 g/mol. The Labute approximate surface area is 133 Å². The predicted molar refractivity (Wildman–Crippen MR) is 82.2 cm³/mol. The van der Waals surface area contributed by atoms with Crippen LogP contribution in [0.15, 0.2) is 0 Å². The van der Waals surface area contributed by atoms with Gasteiger partial charge in [-0.25, -0.2) is 0 Å². The monoisotopic (exact) mass is 318 g/mol. The standard InChI is InChI=1S/C16H30O6/c1-11(2)13(5)20-9-10-21-16(12(3)4)22-15(18)8-7-14(17)19-6/h11-13,16H,7-10H2,1-6H3. The van der Waals surface area contributed by atoms with Crippen LogP contribution in [0.2, 0.25) is 0 Å². The van der Waals surface area contributed by atoms with Crippen LogP contribution in [0.4, 0.5) is 0 Å². The average Bonchev–Trinajstić information content (AvgIpc) is 2.46. The minimum Gasteiger partial charge on any atom is -0.469 e. The normalized spacial score (nSPS) is 14.0. The van der Waals surface area contributed by atoms with E-state index in [0.29, 0.717) is 19.1 Å². The first kappa shape index (κ1) is 20.9. The third-order valence-corrected chi connectivity index (χ3v) is 3.24. The number of hydrogen-bond donors (Lipinski definition) is 0. The van der Waals surface area contributed by atoms with E-state index in [1.54, 1.807) is 0 Å². The van der Waals surface area contributed by atoms with E-state index in [4.69, 9.17) is 14.2 Å². The summed E-state index contributed by atoms with van der Waals surface area (Å²) < 4.78 is 20.9. The van der Waals surface area contributed by atoms with Gasteiger partial charge in [0.25, 0.3) is 0 Å². The Morgan fingerprint density at radius 3 is 1.86 bits per heavy atom. The van der Waals surface area contributed by atoms with Crippen molar-refractivity contribution in [2.75, 3.05) is 20.3 Å². The molecule has 0 aromatic heterocycles. The molecule has 0 aliphatic carbocycles. The number of esters is 2. The summed E-state index contributed by atoms with van der Waals surface area (Å²) in [6, 6.07) is 0. The summed E-state index contributed by atoms with van der Waals surface area (Å²) in [6.45, 7) is 10.8. The van der Waals surface area contributed by atoms with Crippen LogP contribution in [0.1, 0.15) is 47.5 Å². The Bertz CT molecular complexity index is 327. The highest BCUT2D eigenvalue weighted by molar-refractivity contribution is 5.77. The van der Waals surface area contributed by atoms with E-state index in [0.717, 1.165) is 0 Å². The number of ether oxygens (including phenoxy) is 4. The molecule has 0 aromatic carbocycles. The highest BCUT2D eigenvalue weighted by Gasteiger charge is 2.20. The van der Waals surface area contributed by atoms with Crippen LogP contribution < -0.4 is 0 Å². The molecule has 0 saturated heterocycles. The van der Waals surface area contributed by atoms with Gasteiger partial charge in [0.15, 0.2) is 0 Å². The van der Waals surface area contributed by atoms with Gasteiger partial charge in [-0.15, -0.1) is 0 Å². The van der Waals surface area contributed by atoms with E-state index in [2.05, 4.69) is 18.6 Å². The zero-order valence-electron chi connectivity index (χ0n) is 14.6. The van der Waals surface area contributed by atoms with Crippen LogP contribution in [0.25, 0.3) is 0 Å². The van der Waals surface area contributed by atoms with E-state index in [9.17, 15) is 9.59 Å². The van der Waals surface area contributed by atoms with Crippen LogP contribution >= 0.6 is 0 Å². The first-order valence-corrected chi connectivity index (χ1v) is 7.77. The van der Waals surface area contributed by atoms with Crippen LogP contribution in [-0.4, -0.2) is 44.7 Å². The molecular weight excluding hydrogens is 288 g/mol. The Morgan fingerprint density at radius 2 is 1.36 bits per heavy atom. The Hall–Kier alpha value is -1.14. The van der Waals surface area contributed by atoms with Crippen molar-refractivity contribution in [2.45, 2.75) is 59.9 Å². The third-order valence-electron chi connectivity index (χ3n) is 3.24. The van der Waals surface area contributed by atoms with Crippen molar-refractivity contribution >= 4 is 11.9 Å². The Kier molecular flexibility index (Phi) is 10.8. The fourth-order valence-electron chi connectivity index (χ4n) is 1.45. The quantitative estimate of drug-likeness (QED) is 0.331. The van der Waals surface area contributed by atoms with Gasteiger partial charge in [0.05, 0.1) is 39.3 Å². The summed E-state index contributed by atoms with van der Waals surface area (Å²) in [5.74, 6) is -0.447. The van der Waals surface area contributed by atoms with Gasteiger partial charge >= 0.3 is 11.9 Å². The number of carbonyl (C=O) groups is 2. The van der Waals surface area contributed by atoms with Gasteiger partial charge in [0.2, 0.25) is 6.29 Å². The molecule has 0 bridgehead atoms. The zero-order chi connectivity index (χ0) is 17.1. The van der Waals surface area contributed by atoms with Crippen molar-refractivity contribution < 1.29 is 28.5 Å². The van der Waals surface area contributed by atoms with Gasteiger partial charge in [0, 0.05) is 5.92 Å². The molecule has 0 rings (SSSR count). The molecule has 0 radical (unpaired) electrons. The molecule has 2 atom stereocenters. The number of hydrogen-bond acceptors (Lipinski definition) is 6. The van der Waals surface area contributed by atoms with Crippen molar-refractivity contribution in [2.24, 2.45) is 11.8 Å². The minimum atomic E-state index is -0.636. The largest absolute Gasteiger partial charge is 0.469 e. The van der Waals surface area contributed by atoms with Crippen molar-refractivity contribution in [1.82, 2.24) is 0 Å². The van der Waals surface area contributed by atoms with Crippen LogP contribution in [0.5, 0.6) is 0 Å². The molecule has 0 aliphatic rings. The smallest absolute Gasteiger partial charge is 0.308 e. The summed E-state index contributed by atoms with van der Waals surface area (Å²) in [5.41, 5.74) is 0. The molecule has 0 saturated carbocycles. The SMILES string of the molecule is COC(=O)CCC(=O)OC(OCCOC(C)C(C)C)C(C)C. The van der Waals surface area contributed by atoms with Gasteiger partial charge < -0.3 is 18.9 Å². The molecule has 6 nitrogen and oxygen atoms in total. The summed E-state index contributed by atoms with van der Waals surface area (Å²) in [7, 11) is 1.28. The fourth-order valence-corrected chi connectivity index (χ4v) is 1.45. The molecule has 0 spiro atoms. The van der Waals surface area contributed by atoms with E-state index < -0.39 is 18.2 Å². The molecule has 0 N–H and O–H groups in total. The summed E-state index contributed by atoms with van der Waals surface area (Å²) in [6.07, 6.45) is -0.484. The van der Waals surface area contributed by atoms with Gasteiger partial charge in [-0.2, -0.15) is 0 Å². The molecule has 0 fully saturated rings. The van der Waals surface area contributed by atoms with E-state index in [1.165, 1.54) is 7.11 Å². The lowest BCUT2D eigenvalue weighted by Gasteiger charge is -2.22. The maximum atomic E-state index is 11.7. The number of carbonyl (C=O) groups excluding carboxylic acids is 2.